The lowest BCUT2D eigenvalue weighted by Crippen LogP contribution is -2.06. The lowest BCUT2D eigenvalue weighted by atomic mass is 9.96. The monoisotopic (exact) mass is 228 g/mol. The lowest BCUT2D eigenvalue weighted by molar-refractivity contribution is -0.386. The van der Waals surface area contributed by atoms with E-state index in [1.54, 1.807) is 6.92 Å². The molecule has 88 valence electrons. The minimum Gasteiger partial charge on any atom is -0.502 e. The van der Waals surface area contributed by atoms with Crippen LogP contribution in [0.25, 0.3) is 0 Å². The van der Waals surface area contributed by atoms with Crippen LogP contribution in [0.1, 0.15) is 24.8 Å². The largest absolute Gasteiger partial charge is 0.502 e. The van der Waals surface area contributed by atoms with E-state index >= 15 is 0 Å². The molecule has 5 nitrogen and oxygen atoms in total. The SMILES string of the molecule is CC(CCN)c1cc(F)cc([N+](=O)[O-])c1O. The molecule has 0 amide bonds. The summed E-state index contributed by atoms with van der Waals surface area (Å²) >= 11 is 0. The van der Waals surface area contributed by atoms with Crippen LogP contribution in [0.4, 0.5) is 10.1 Å². The molecule has 0 aliphatic heterocycles. The number of hydrogen-bond donors (Lipinski definition) is 2. The molecule has 1 unspecified atom stereocenters. The van der Waals surface area contributed by atoms with Crippen molar-refractivity contribution >= 4 is 5.69 Å². The number of nitrogens with two attached hydrogens (primary N) is 1. The van der Waals surface area contributed by atoms with Crippen LogP contribution in [0.3, 0.4) is 0 Å². The molecule has 0 bridgehead atoms. The minimum absolute atomic E-state index is 0.220. The van der Waals surface area contributed by atoms with E-state index in [-0.39, 0.29) is 11.5 Å². The van der Waals surface area contributed by atoms with Crippen molar-refractivity contribution in [2.24, 2.45) is 5.73 Å². The molecule has 0 aliphatic carbocycles. The Morgan fingerprint density at radius 3 is 2.75 bits per heavy atom. The average molecular weight is 228 g/mol. The summed E-state index contributed by atoms with van der Waals surface area (Å²) in [5.74, 6) is -1.44. The summed E-state index contributed by atoms with van der Waals surface area (Å²) in [6.07, 6.45) is 0.522. The van der Waals surface area contributed by atoms with Crippen molar-refractivity contribution in [3.05, 3.63) is 33.6 Å². The number of nitro groups is 1. The van der Waals surface area contributed by atoms with E-state index < -0.39 is 22.2 Å². The number of hydrogen-bond acceptors (Lipinski definition) is 4. The zero-order chi connectivity index (χ0) is 12.3. The fraction of sp³-hybridized carbons (Fsp3) is 0.400. The Morgan fingerprint density at radius 1 is 1.62 bits per heavy atom. The number of aromatic hydroxyl groups is 1. The first-order chi connectivity index (χ1) is 7.47. The number of halogens is 1. The van der Waals surface area contributed by atoms with Crippen molar-refractivity contribution in [2.45, 2.75) is 19.3 Å². The second-order valence-electron chi connectivity index (χ2n) is 3.60. The molecule has 0 aliphatic rings. The number of benzene rings is 1. The predicted molar refractivity (Wildman–Crippen MR) is 56.8 cm³/mol. The van der Waals surface area contributed by atoms with Gasteiger partial charge in [-0.05, 0) is 24.9 Å². The molecule has 1 aromatic rings. The fourth-order valence-corrected chi connectivity index (χ4v) is 1.53. The molecule has 1 rings (SSSR count). The van der Waals surface area contributed by atoms with Gasteiger partial charge in [-0.25, -0.2) is 4.39 Å². The topological polar surface area (TPSA) is 89.4 Å². The quantitative estimate of drug-likeness (QED) is 0.608. The van der Waals surface area contributed by atoms with E-state index in [0.717, 1.165) is 6.07 Å². The lowest BCUT2D eigenvalue weighted by Gasteiger charge is -2.12. The van der Waals surface area contributed by atoms with Crippen molar-refractivity contribution < 1.29 is 14.4 Å². The van der Waals surface area contributed by atoms with E-state index in [2.05, 4.69) is 0 Å². The summed E-state index contributed by atoms with van der Waals surface area (Å²) in [7, 11) is 0. The summed E-state index contributed by atoms with van der Waals surface area (Å²) in [5.41, 5.74) is 4.95. The zero-order valence-electron chi connectivity index (χ0n) is 8.81. The molecule has 6 heteroatoms. The number of nitro benzene ring substituents is 1. The highest BCUT2D eigenvalue weighted by Gasteiger charge is 2.22. The maximum atomic E-state index is 13.1. The highest BCUT2D eigenvalue weighted by molar-refractivity contribution is 5.52. The van der Waals surface area contributed by atoms with Gasteiger partial charge in [0.1, 0.15) is 5.82 Å². The van der Waals surface area contributed by atoms with Crippen molar-refractivity contribution in [3.8, 4) is 5.75 Å². The summed E-state index contributed by atoms with van der Waals surface area (Å²) in [6, 6.07) is 1.80. The molecule has 0 spiro atoms. The van der Waals surface area contributed by atoms with Crippen LogP contribution in [0.5, 0.6) is 5.75 Å². The first-order valence-electron chi connectivity index (χ1n) is 4.84. The van der Waals surface area contributed by atoms with E-state index in [0.29, 0.717) is 19.0 Å². The highest BCUT2D eigenvalue weighted by atomic mass is 19.1. The van der Waals surface area contributed by atoms with Crippen molar-refractivity contribution in [1.29, 1.82) is 0 Å². The zero-order valence-corrected chi connectivity index (χ0v) is 8.81. The first kappa shape index (κ1) is 12.4. The predicted octanol–water partition coefficient (Wildman–Crippen LogP) is 1.89. The van der Waals surface area contributed by atoms with E-state index in [1.165, 1.54) is 0 Å². The molecule has 1 atom stereocenters. The van der Waals surface area contributed by atoms with E-state index in [1.807, 2.05) is 0 Å². The van der Waals surface area contributed by atoms with E-state index in [9.17, 15) is 19.6 Å². The number of phenols is 1. The molecule has 0 heterocycles. The van der Waals surface area contributed by atoms with Crippen LogP contribution in [0.15, 0.2) is 12.1 Å². The third kappa shape index (κ3) is 2.46. The van der Waals surface area contributed by atoms with Gasteiger partial charge in [-0.2, -0.15) is 0 Å². The van der Waals surface area contributed by atoms with Crippen LogP contribution in [0, 0.1) is 15.9 Å². The minimum atomic E-state index is -0.808. The Hall–Kier alpha value is -1.69. The Morgan fingerprint density at radius 2 is 2.25 bits per heavy atom. The second kappa shape index (κ2) is 4.89. The number of phenolic OH excluding ortho intramolecular Hbond substituents is 1. The van der Waals surface area contributed by atoms with Gasteiger partial charge in [-0.1, -0.05) is 6.92 Å². The maximum Gasteiger partial charge on any atom is 0.313 e. The summed E-state index contributed by atoms with van der Waals surface area (Å²) in [4.78, 5) is 9.75. The average Bonchev–Trinajstić information content (AvgIpc) is 2.20. The second-order valence-corrected chi connectivity index (χ2v) is 3.60. The fourth-order valence-electron chi connectivity index (χ4n) is 1.53. The molecule has 0 radical (unpaired) electrons. The Bertz CT molecular complexity index is 409. The standard InChI is InChI=1S/C10H13FN2O3/c1-6(2-3-12)8-4-7(11)5-9(10(8)14)13(15)16/h4-6,14H,2-3,12H2,1H3. The van der Waals surface area contributed by atoms with Crippen LogP contribution in [-0.4, -0.2) is 16.6 Å². The smallest absolute Gasteiger partial charge is 0.313 e. The normalized spacial score (nSPS) is 12.4. The van der Waals surface area contributed by atoms with Crippen LogP contribution in [-0.2, 0) is 0 Å². The maximum absolute atomic E-state index is 13.1. The van der Waals surface area contributed by atoms with Gasteiger partial charge in [0.2, 0.25) is 0 Å². The van der Waals surface area contributed by atoms with Gasteiger partial charge < -0.3 is 10.8 Å². The Labute approximate surface area is 91.8 Å². The molecule has 16 heavy (non-hydrogen) atoms. The molecule has 0 saturated carbocycles. The summed E-state index contributed by atoms with van der Waals surface area (Å²) in [5, 5.41) is 20.2. The van der Waals surface area contributed by atoms with Crippen molar-refractivity contribution in [3.63, 3.8) is 0 Å². The molecule has 3 N–H and O–H groups in total. The first-order valence-corrected chi connectivity index (χ1v) is 4.84. The van der Waals surface area contributed by atoms with Gasteiger partial charge in [-0.3, -0.25) is 10.1 Å². The van der Waals surface area contributed by atoms with E-state index in [4.69, 9.17) is 5.73 Å². The van der Waals surface area contributed by atoms with Gasteiger partial charge in [-0.15, -0.1) is 0 Å². The third-order valence-corrected chi connectivity index (χ3v) is 2.41. The van der Waals surface area contributed by atoms with Gasteiger partial charge >= 0.3 is 5.69 Å². The Kier molecular flexibility index (Phi) is 3.78. The van der Waals surface area contributed by atoms with Gasteiger partial charge in [0.25, 0.3) is 0 Å². The molecule has 0 aromatic heterocycles. The number of nitrogens with zero attached hydrogens (tertiary/aromatic N) is 1. The van der Waals surface area contributed by atoms with Crippen molar-refractivity contribution in [2.75, 3.05) is 6.54 Å². The summed E-state index contributed by atoms with van der Waals surface area (Å²) in [6.45, 7) is 2.09. The van der Waals surface area contributed by atoms with Gasteiger partial charge in [0.05, 0.1) is 11.0 Å². The number of rotatable bonds is 4. The molecule has 0 saturated heterocycles. The highest BCUT2D eigenvalue weighted by Crippen LogP contribution is 2.36. The van der Waals surface area contributed by atoms with Gasteiger partial charge in [0.15, 0.2) is 5.75 Å². The molecule has 1 aromatic carbocycles. The van der Waals surface area contributed by atoms with Crippen LogP contribution < -0.4 is 5.73 Å². The Balaban J connectivity index is 3.23. The third-order valence-electron chi connectivity index (χ3n) is 2.41. The van der Waals surface area contributed by atoms with Gasteiger partial charge in [0, 0.05) is 5.56 Å². The molecule has 0 fully saturated rings. The van der Waals surface area contributed by atoms with Crippen molar-refractivity contribution in [1.82, 2.24) is 0 Å². The molecular formula is C10H13FN2O3. The van der Waals surface area contributed by atoms with Crippen LogP contribution in [0.2, 0.25) is 0 Å². The van der Waals surface area contributed by atoms with Crippen LogP contribution >= 0.6 is 0 Å². The molecular weight excluding hydrogens is 215 g/mol. The summed E-state index contributed by atoms with van der Waals surface area (Å²) < 4.78 is 13.1.